The van der Waals surface area contributed by atoms with E-state index in [2.05, 4.69) is 10.6 Å². The number of benzene rings is 1. The fourth-order valence-electron chi connectivity index (χ4n) is 2.48. The Labute approximate surface area is 128 Å². The van der Waals surface area contributed by atoms with Gasteiger partial charge in [0, 0.05) is 18.3 Å². The first-order valence-corrected chi connectivity index (χ1v) is 7.17. The number of nitro groups is 1. The number of urea groups is 1. The third-order valence-electron chi connectivity index (χ3n) is 3.62. The van der Waals surface area contributed by atoms with Gasteiger partial charge in [-0.25, -0.2) is 4.79 Å². The predicted molar refractivity (Wildman–Crippen MR) is 82.9 cm³/mol. The first kappa shape index (κ1) is 15.8. The number of rotatable bonds is 5. The van der Waals surface area contributed by atoms with Gasteiger partial charge in [-0.3, -0.25) is 10.1 Å². The summed E-state index contributed by atoms with van der Waals surface area (Å²) in [5.74, 6) is 0.883. The molecule has 0 heterocycles. The lowest BCUT2D eigenvalue weighted by atomic mass is 10.1. The Balaban J connectivity index is 1.97. The predicted octanol–water partition coefficient (Wildman–Crippen LogP) is 3.43. The number of nitrogens with one attached hydrogen (secondary N) is 2. The maximum Gasteiger partial charge on any atom is 0.323 e. The van der Waals surface area contributed by atoms with Crippen LogP contribution in [0.4, 0.5) is 16.2 Å². The van der Waals surface area contributed by atoms with E-state index in [0.29, 0.717) is 11.7 Å². The summed E-state index contributed by atoms with van der Waals surface area (Å²) in [5.41, 5.74) is 0.140. The highest BCUT2D eigenvalue weighted by Crippen LogP contribution is 2.28. The van der Waals surface area contributed by atoms with Crippen LogP contribution in [0.25, 0.3) is 0 Å². The van der Waals surface area contributed by atoms with Crippen molar-refractivity contribution in [2.45, 2.75) is 25.7 Å². The molecular formula is C15H19N3O4. The van der Waals surface area contributed by atoms with Crippen LogP contribution in [-0.4, -0.2) is 18.1 Å². The fourth-order valence-corrected chi connectivity index (χ4v) is 2.48. The van der Waals surface area contributed by atoms with Crippen molar-refractivity contribution in [1.82, 2.24) is 5.32 Å². The van der Waals surface area contributed by atoms with Gasteiger partial charge < -0.3 is 15.4 Å². The SMILES string of the molecule is COc1ccc([N+](=O)[O-])cc1NC(=O)N/C=C/C1CCCC1. The zero-order chi connectivity index (χ0) is 15.9. The molecule has 0 aliphatic heterocycles. The third-order valence-corrected chi connectivity index (χ3v) is 3.62. The Morgan fingerprint density at radius 2 is 2.14 bits per heavy atom. The lowest BCUT2D eigenvalue weighted by Crippen LogP contribution is -2.24. The van der Waals surface area contributed by atoms with E-state index in [0.717, 1.165) is 12.8 Å². The molecular weight excluding hydrogens is 286 g/mol. The van der Waals surface area contributed by atoms with Crippen molar-refractivity contribution < 1.29 is 14.5 Å². The van der Waals surface area contributed by atoms with Crippen LogP contribution >= 0.6 is 0 Å². The number of carbonyl (C=O) groups is 1. The quantitative estimate of drug-likeness (QED) is 0.643. The second kappa shape index (κ2) is 7.44. The zero-order valence-electron chi connectivity index (χ0n) is 12.4. The molecule has 2 N–H and O–H groups in total. The lowest BCUT2D eigenvalue weighted by molar-refractivity contribution is -0.384. The molecule has 118 valence electrons. The van der Waals surface area contributed by atoms with Crippen LogP contribution in [0.5, 0.6) is 5.75 Å². The molecule has 0 saturated heterocycles. The Bertz CT molecular complexity index is 580. The van der Waals surface area contributed by atoms with Crippen LogP contribution in [0.3, 0.4) is 0 Å². The van der Waals surface area contributed by atoms with E-state index in [4.69, 9.17) is 4.74 Å². The van der Waals surface area contributed by atoms with Crippen LogP contribution < -0.4 is 15.4 Å². The summed E-state index contributed by atoms with van der Waals surface area (Å²) in [6.45, 7) is 0. The standard InChI is InChI=1S/C15H19N3O4/c1-22-14-7-6-12(18(20)21)10-13(14)17-15(19)16-9-8-11-4-2-3-5-11/h6-11H,2-5H2,1H3,(H2,16,17,19)/b9-8+. The molecule has 1 saturated carbocycles. The number of carbonyl (C=O) groups excluding carboxylic acids is 1. The molecule has 1 fully saturated rings. The summed E-state index contributed by atoms with van der Waals surface area (Å²) in [5, 5.41) is 15.9. The van der Waals surface area contributed by atoms with Gasteiger partial charge in [0.25, 0.3) is 5.69 Å². The van der Waals surface area contributed by atoms with Crippen molar-refractivity contribution in [3.63, 3.8) is 0 Å². The average Bonchev–Trinajstić information content (AvgIpc) is 3.00. The van der Waals surface area contributed by atoms with E-state index in [9.17, 15) is 14.9 Å². The van der Waals surface area contributed by atoms with Gasteiger partial charge in [-0.2, -0.15) is 0 Å². The molecule has 1 aromatic carbocycles. The number of anilines is 1. The van der Waals surface area contributed by atoms with Gasteiger partial charge in [-0.1, -0.05) is 18.9 Å². The van der Waals surface area contributed by atoms with Crippen LogP contribution in [-0.2, 0) is 0 Å². The highest BCUT2D eigenvalue weighted by molar-refractivity contribution is 5.92. The number of non-ortho nitro benzene ring substituents is 1. The summed E-state index contributed by atoms with van der Waals surface area (Å²) in [4.78, 5) is 22.1. The molecule has 0 spiro atoms. The Morgan fingerprint density at radius 3 is 2.77 bits per heavy atom. The van der Waals surface area contributed by atoms with Crippen molar-refractivity contribution in [3.8, 4) is 5.75 Å². The fraction of sp³-hybridized carbons (Fsp3) is 0.400. The van der Waals surface area contributed by atoms with Crippen molar-refractivity contribution >= 4 is 17.4 Å². The molecule has 0 atom stereocenters. The minimum absolute atomic E-state index is 0.113. The van der Waals surface area contributed by atoms with E-state index in [1.54, 1.807) is 6.20 Å². The molecule has 1 aliphatic carbocycles. The van der Waals surface area contributed by atoms with E-state index in [1.807, 2.05) is 6.08 Å². The second-order valence-electron chi connectivity index (χ2n) is 5.14. The lowest BCUT2D eigenvalue weighted by Gasteiger charge is -2.09. The first-order valence-electron chi connectivity index (χ1n) is 7.17. The molecule has 2 rings (SSSR count). The van der Waals surface area contributed by atoms with Crippen molar-refractivity contribution in [3.05, 3.63) is 40.6 Å². The Morgan fingerprint density at radius 1 is 1.41 bits per heavy atom. The van der Waals surface area contributed by atoms with Crippen molar-refractivity contribution in [2.75, 3.05) is 12.4 Å². The smallest absolute Gasteiger partial charge is 0.323 e. The second-order valence-corrected chi connectivity index (χ2v) is 5.14. The van der Waals surface area contributed by atoms with Crippen LogP contribution in [0, 0.1) is 16.0 Å². The van der Waals surface area contributed by atoms with Crippen LogP contribution in [0.1, 0.15) is 25.7 Å². The Kier molecular flexibility index (Phi) is 5.35. The molecule has 2 amide bonds. The number of allylic oxidation sites excluding steroid dienone is 1. The van der Waals surface area contributed by atoms with Gasteiger partial charge in [-0.05, 0) is 24.8 Å². The Hall–Kier alpha value is -2.57. The summed E-state index contributed by atoms with van der Waals surface area (Å²) < 4.78 is 5.08. The van der Waals surface area contributed by atoms with E-state index in [-0.39, 0.29) is 11.4 Å². The number of nitrogens with zero attached hydrogens (tertiary/aromatic N) is 1. The number of amides is 2. The normalized spacial score (nSPS) is 15.0. The van der Waals surface area contributed by atoms with Gasteiger partial charge in [0.1, 0.15) is 5.75 Å². The maximum absolute atomic E-state index is 11.8. The van der Waals surface area contributed by atoms with Crippen LogP contribution in [0.2, 0.25) is 0 Å². The summed E-state index contributed by atoms with van der Waals surface area (Å²) in [6, 6.07) is 3.57. The molecule has 7 heteroatoms. The average molecular weight is 305 g/mol. The molecule has 0 aromatic heterocycles. The minimum atomic E-state index is -0.525. The van der Waals surface area contributed by atoms with Gasteiger partial charge in [0.05, 0.1) is 17.7 Å². The number of methoxy groups -OCH3 is 1. The summed E-state index contributed by atoms with van der Waals surface area (Å²) >= 11 is 0. The van der Waals surface area contributed by atoms with E-state index in [1.165, 1.54) is 38.2 Å². The summed E-state index contributed by atoms with van der Waals surface area (Å²) in [7, 11) is 1.43. The van der Waals surface area contributed by atoms with Gasteiger partial charge in [0.15, 0.2) is 0 Å². The van der Waals surface area contributed by atoms with Crippen LogP contribution in [0.15, 0.2) is 30.5 Å². The molecule has 7 nitrogen and oxygen atoms in total. The highest BCUT2D eigenvalue weighted by atomic mass is 16.6. The molecule has 1 aromatic rings. The molecule has 1 aliphatic rings. The number of hydrogen-bond acceptors (Lipinski definition) is 4. The minimum Gasteiger partial charge on any atom is -0.495 e. The molecule has 0 bridgehead atoms. The molecule has 22 heavy (non-hydrogen) atoms. The molecule has 0 radical (unpaired) electrons. The highest BCUT2D eigenvalue weighted by Gasteiger charge is 2.14. The van der Waals surface area contributed by atoms with Gasteiger partial charge in [0.2, 0.25) is 0 Å². The largest absolute Gasteiger partial charge is 0.495 e. The van der Waals surface area contributed by atoms with Crippen molar-refractivity contribution in [2.24, 2.45) is 5.92 Å². The first-order chi connectivity index (χ1) is 10.6. The van der Waals surface area contributed by atoms with Gasteiger partial charge >= 0.3 is 6.03 Å². The van der Waals surface area contributed by atoms with E-state index < -0.39 is 11.0 Å². The maximum atomic E-state index is 11.8. The van der Waals surface area contributed by atoms with Gasteiger partial charge in [-0.15, -0.1) is 0 Å². The topological polar surface area (TPSA) is 93.5 Å². The molecule has 0 unspecified atom stereocenters. The zero-order valence-corrected chi connectivity index (χ0v) is 12.4. The number of hydrogen-bond donors (Lipinski definition) is 2. The van der Waals surface area contributed by atoms with E-state index >= 15 is 0 Å². The number of nitro benzene ring substituents is 1. The van der Waals surface area contributed by atoms with Crippen molar-refractivity contribution in [1.29, 1.82) is 0 Å². The number of ether oxygens (including phenoxy) is 1. The monoisotopic (exact) mass is 305 g/mol. The third kappa shape index (κ3) is 4.21. The summed E-state index contributed by atoms with van der Waals surface area (Å²) in [6.07, 6.45) is 8.36.